The molecular weight excluding hydrogens is 493 g/mol. The van der Waals surface area contributed by atoms with Gasteiger partial charge in [0.25, 0.3) is 0 Å². The molecule has 0 aliphatic rings. The van der Waals surface area contributed by atoms with Gasteiger partial charge in [0.15, 0.2) is 0 Å². The third-order valence-electron chi connectivity index (χ3n) is 3.98. The Hall–Kier alpha value is 1.24. The Morgan fingerprint density at radius 3 is 1.36 bits per heavy atom. The van der Waals surface area contributed by atoms with Gasteiger partial charge < -0.3 is 34.8 Å². The minimum Gasteiger partial charge on any atom is -0.550 e. The van der Waals surface area contributed by atoms with Crippen molar-refractivity contribution in [2.24, 2.45) is 0 Å². The molecular formula is C18H31Na3O11S. The van der Waals surface area contributed by atoms with Crippen LogP contribution in [0.3, 0.4) is 0 Å². The molecule has 0 radical (unpaired) electrons. The van der Waals surface area contributed by atoms with Crippen LogP contribution in [0.2, 0.25) is 0 Å². The number of carboxylic acids is 3. The Kier molecular flexibility index (Phi) is 35.3. The van der Waals surface area contributed by atoms with E-state index >= 15 is 0 Å². The molecule has 0 rings (SSSR count). The summed E-state index contributed by atoms with van der Waals surface area (Å²) in [6.07, 6.45) is 9.14. The largest absolute Gasteiger partial charge is 1.00 e. The predicted molar refractivity (Wildman–Crippen MR) is 98.5 cm³/mol. The van der Waals surface area contributed by atoms with Gasteiger partial charge in [-0.15, -0.1) is 0 Å². The smallest absolute Gasteiger partial charge is 0.550 e. The third kappa shape index (κ3) is 33.2. The number of carbonyl (C=O) groups excluding carboxylic acids is 3. The average molecular weight is 524 g/mol. The van der Waals surface area contributed by atoms with Crippen LogP contribution in [-0.4, -0.2) is 48.2 Å². The van der Waals surface area contributed by atoms with Crippen LogP contribution in [-0.2, 0) is 29.0 Å². The van der Waals surface area contributed by atoms with Crippen LogP contribution in [0, 0.1) is 0 Å². The quantitative estimate of drug-likeness (QED) is 0.104. The number of rotatable bonds is 17. The van der Waals surface area contributed by atoms with E-state index in [0.29, 0.717) is 6.42 Å². The summed E-state index contributed by atoms with van der Waals surface area (Å²) in [5, 5.41) is 38.9. The number of carboxylic acid groups (broad SMARTS) is 3. The zero-order chi connectivity index (χ0) is 23.6. The van der Waals surface area contributed by atoms with Crippen molar-refractivity contribution in [2.45, 2.75) is 89.6 Å². The summed E-state index contributed by atoms with van der Waals surface area (Å²) < 4.78 is 33.0. The number of hydrogen-bond donors (Lipinski definition) is 2. The first-order valence-corrected chi connectivity index (χ1v) is 11.2. The van der Waals surface area contributed by atoms with Gasteiger partial charge in [0, 0.05) is 24.8 Å². The van der Waals surface area contributed by atoms with Gasteiger partial charge in [-0.2, -0.15) is 8.42 Å². The molecule has 0 unspecified atom stereocenters. The van der Waals surface area contributed by atoms with Gasteiger partial charge in [-0.25, -0.2) is 4.18 Å². The van der Waals surface area contributed by atoms with Gasteiger partial charge in [0.05, 0.1) is 12.6 Å². The zero-order valence-corrected chi connectivity index (χ0v) is 27.0. The first-order valence-electron chi connectivity index (χ1n) is 9.79. The van der Waals surface area contributed by atoms with Crippen LogP contribution < -0.4 is 104 Å². The van der Waals surface area contributed by atoms with Gasteiger partial charge in [0.2, 0.25) is 0 Å². The van der Waals surface area contributed by atoms with Crippen molar-refractivity contribution in [2.75, 3.05) is 6.61 Å². The molecule has 0 spiro atoms. The Morgan fingerprint density at radius 1 is 0.758 bits per heavy atom. The summed E-state index contributed by atoms with van der Waals surface area (Å²) >= 11 is 0. The van der Waals surface area contributed by atoms with E-state index in [4.69, 9.17) is 9.66 Å². The molecule has 15 heteroatoms. The number of carbonyl (C=O) groups is 3. The van der Waals surface area contributed by atoms with Gasteiger partial charge in [-0.05, 0) is 6.42 Å². The monoisotopic (exact) mass is 524 g/mol. The van der Waals surface area contributed by atoms with Crippen molar-refractivity contribution in [3.8, 4) is 0 Å². The summed E-state index contributed by atoms with van der Waals surface area (Å²) in [5.41, 5.74) is -2.97. The van der Waals surface area contributed by atoms with Crippen LogP contribution in [0.1, 0.15) is 84.0 Å². The first-order chi connectivity index (χ1) is 13.8. The molecule has 0 aromatic rings. The Balaban J connectivity index is -0.000000149. The van der Waals surface area contributed by atoms with Crippen molar-refractivity contribution in [1.82, 2.24) is 0 Å². The van der Waals surface area contributed by atoms with Gasteiger partial charge in [-0.1, -0.05) is 64.7 Å². The summed E-state index contributed by atoms with van der Waals surface area (Å²) in [6.45, 7) is 2.31. The van der Waals surface area contributed by atoms with E-state index in [1.165, 1.54) is 44.9 Å². The second-order valence-electron chi connectivity index (χ2n) is 6.85. The van der Waals surface area contributed by atoms with E-state index in [1.54, 1.807) is 0 Å². The van der Waals surface area contributed by atoms with Crippen LogP contribution >= 0.6 is 0 Å². The Bertz CT molecular complexity index is 600. The summed E-state index contributed by atoms with van der Waals surface area (Å²) in [5.74, 6) is -5.98. The van der Waals surface area contributed by atoms with Crippen molar-refractivity contribution in [3.05, 3.63) is 0 Å². The zero-order valence-electron chi connectivity index (χ0n) is 20.2. The SMILES string of the molecule is CCCCCCCCCCCCOS(=O)(=O)O.O=C([O-])CC(O)(CC(=O)[O-])C(=O)[O-].[Na+].[Na+].[Na+]. The summed E-state index contributed by atoms with van der Waals surface area (Å²) in [4.78, 5) is 30.0. The Morgan fingerprint density at radius 2 is 1.09 bits per heavy atom. The maximum Gasteiger partial charge on any atom is 1.00 e. The fraction of sp³-hybridized carbons (Fsp3) is 0.833. The molecule has 0 bridgehead atoms. The van der Waals surface area contributed by atoms with Gasteiger partial charge in [-0.3, -0.25) is 4.55 Å². The van der Waals surface area contributed by atoms with Crippen LogP contribution in [0.15, 0.2) is 0 Å². The van der Waals surface area contributed by atoms with E-state index in [1.807, 2.05) is 0 Å². The number of hydrogen-bond acceptors (Lipinski definition) is 10. The molecule has 2 N–H and O–H groups in total. The maximum atomic E-state index is 10.2. The molecule has 0 atom stereocenters. The van der Waals surface area contributed by atoms with Crippen molar-refractivity contribution in [3.63, 3.8) is 0 Å². The van der Waals surface area contributed by atoms with Crippen molar-refractivity contribution in [1.29, 1.82) is 0 Å². The molecule has 0 aromatic heterocycles. The van der Waals surface area contributed by atoms with E-state index in [-0.39, 0.29) is 95.3 Å². The standard InChI is InChI=1S/C12H26O4S.C6H8O7.3Na/c1-2-3-4-5-6-7-8-9-10-11-12-16-17(13,14)15;7-3(8)1-6(13,5(11)12)2-4(9)10;;;/h2-12H2,1H3,(H,13,14,15);13H,1-2H2,(H,7,8)(H,9,10)(H,11,12);;;/q;;3*+1/p-3. The second-order valence-corrected chi connectivity index (χ2v) is 7.94. The number of unbranched alkanes of at least 4 members (excludes halogenated alkanes) is 9. The minimum atomic E-state index is -4.23. The van der Waals surface area contributed by atoms with Crippen LogP contribution in [0.5, 0.6) is 0 Å². The first kappa shape index (κ1) is 44.2. The number of aliphatic hydroxyl groups is 1. The van der Waals surface area contributed by atoms with Crippen LogP contribution in [0.25, 0.3) is 0 Å². The van der Waals surface area contributed by atoms with Gasteiger partial charge >= 0.3 is 99.1 Å². The summed E-state index contributed by atoms with van der Waals surface area (Å²) in [7, 11) is -4.23. The topological polar surface area (TPSA) is 204 Å². The molecule has 0 saturated heterocycles. The minimum absolute atomic E-state index is 0. The molecule has 0 aliphatic carbocycles. The van der Waals surface area contributed by atoms with E-state index < -0.39 is 46.7 Å². The normalized spacial score (nSPS) is 10.4. The second kappa shape index (κ2) is 26.3. The van der Waals surface area contributed by atoms with Crippen LogP contribution in [0.4, 0.5) is 0 Å². The Labute approximate surface area is 262 Å². The fourth-order valence-electron chi connectivity index (χ4n) is 2.44. The van der Waals surface area contributed by atoms with E-state index in [0.717, 1.165) is 12.8 Å². The molecule has 0 aromatic carbocycles. The fourth-order valence-corrected chi connectivity index (χ4v) is 2.77. The summed E-state index contributed by atoms with van der Waals surface area (Å²) in [6, 6.07) is 0. The molecule has 0 fully saturated rings. The molecule has 178 valence electrons. The molecule has 0 aliphatic heterocycles. The van der Waals surface area contributed by atoms with E-state index in [9.17, 15) is 38.1 Å². The molecule has 11 nitrogen and oxygen atoms in total. The number of aliphatic carboxylic acids is 3. The van der Waals surface area contributed by atoms with Gasteiger partial charge in [0.1, 0.15) is 5.60 Å². The third-order valence-corrected chi connectivity index (χ3v) is 4.45. The molecule has 33 heavy (non-hydrogen) atoms. The molecule has 0 amide bonds. The van der Waals surface area contributed by atoms with E-state index in [2.05, 4.69) is 11.1 Å². The van der Waals surface area contributed by atoms with Crippen molar-refractivity contribution >= 4 is 28.3 Å². The molecule has 0 heterocycles. The van der Waals surface area contributed by atoms with Crippen molar-refractivity contribution < 1.29 is 141 Å². The predicted octanol–water partition coefficient (Wildman–Crippen LogP) is -10.5. The molecule has 0 saturated carbocycles. The average Bonchev–Trinajstić information content (AvgIpc) is 2.57. The maximum absolute atomic E-state index is 10.2.